The van der Waals surface area contributed by atoms with Crippen molar-refractivity contribution in [3.8, 4) is 40.2 Å². The first-order chi connectivity index (χ1) is 50.2. The van der Waals surface area contributed by atoms with Crippen LogP contribution in [-0.4, -0.2) is 95.8 Å². The number of carbonyl (C=O) groups is 6. The Morgan fingerprint density at radius 2 is 0.761 bits per heavy atom. The maximum absolute atomic E-state index is 13.4. The van der Waals surface area contributed by atoms with Gasteiger partial charge in [-0.1, -0.05) is 65.0 Å². The highest BCUT2D eigenvalue weighted by molar-refractivity contribution is 5.95. The lowest BCUT2D eigenvalue weighted by Gasteiger charge is -2.39. The molecule has 0 bridgehead atoms. The van der Waals surface area contributed by atoms with Crippen molar-refractivity contribution >= 4 is 35.4 Å². The van der Waals surface area contributed by atoms with Crippen molar-refractivity contribution in [2.45, 2.75) is 197 Å². The first-order valence-corrected chi connectivity index (χ1v) is 34.3. The van der Waals surface area contributed by atoms with Gasteiger partial charge in [-0.3, -0.25) is 19.2 Å². The van der Waals surface area contributed by atoms with Crippen molar-refractivity contribution in [2.75, 3.05) is 13.4 Å². The van der Waals surface area contributed by atoms with Crippen LogP contribution in [0.1, 0.15) is 196 Å². The predicted molar refractivity (Wildman–Crippen MR) is 384 cm³/mol. The van der Waals surface area contributed by atoms with Gasteiger partial charge < -0.3 is 37.9 Å². The van der Waals surface area contributed by atoms with E-state index in [9.17, 15) is 85.8 Å². The van der Waals surface area contributed by atoms with Crippen LogP contribution in [0.25, 0.3) is 0 Å². The molecule has 594 valence electrons. The minimum atomic E-state index is -7.93. The molecule has 0 radical (unpaired) electrons. The summed E-state index contributed by atoms with van der Waals surface area (Å²) in [7, 11) is 0. The standard InChI is InChI=1S/C46H38O8.C13H13F13O2.C13H20O.C10H20O3/c1-28-26-37(14-24-43(28)53-45(49)35-10-20-41(21-11-35)51-39-16-6-33(7-17-39)31(4)47)30(3)38-15-25-44(29(2)27-38)54-46(50)36-12-22-42(23-13-36)52-40-18-8-34(9-19-40)32(5)48;1-3-6(2)7(27)28-5-4-8(14,15)9(16,17)10(18,19)11(20,21)12(22,23)13(24,25)26;1-9-7-10(2)11(3)12(8-9)14-13(4,5)6;1-6-8(2)9(11)12-7-13-10(3,4)5/h6-27,30H,1-5H3;6H,3-5H2,1-2H3;7-8H,1-6H3;8H,6-7H2,1-5H3. The molecule has 2 atom stereocenters. The summed E-state index contributed by atoms with van der Waals surface area (Å²) >= 11 is 0. The van der Waals surface area contributed by atoms with Crippen LogP contribution in [0.5, 0.6) is 40.2 Å². The third kappa shape index (κ3) is 25.7. The SMILES string of the molecule is CC(=O)c1ccc(Oc2ccc(C(=O)Oc3ccc(C(C)c4ccc(OC(=O)c5ccc(Oc6ccc(C(C)=O)cc6)cc5)c(C)c4)cc3C)cc2)cc1.CCC(C)C(=O)OCCC(F)(F)C(F)(F)C(F)(F)C(F)(F)C(F)(F)C(F)(F)F.CCC(C)C(=O)OCOC(C)(C)C.Cc1cc(C)c(C)c(OC(C)(C)C)c1. The molecule has 0 aliphatic rings. The highest BCUT2D eigenvalue weighted by Crippen LogP contribution is 2.61. The van der Waals surface area contributed by atoms with Gasteiger partial charge in [0.15, 0.2) is 18.4 Å². The van der Waals surface area contributed by atoms with Crippen molar-refractivity contribution in [3.63, 3.8) is 0 Å². The van der Waals surface area contributed by atoms with Gasteiger partial charge in [-0.15, -0.1) is 0 Å². The Balaban J connectivity index is 0.000000376. The average molecular weight is 1550 g/mol. The average Bonchev–Trinajstić information content (AvgIpc) is 0.711. The predicted octanol–water partition coefficient (Wildman–Crippen LogP) is 22.7. The number of rotatable bonds is 26. The summed E-state index contributed by atoms with van der Waals surface area (Å²) in [6.07, 6.45) is -9.11. The van der Waals surface area contributed by atoms with E-state index in [4.69, 9.17) is 33.2 Å². The van der Waals surface area contributed by atoms with Crippen molar-refractivity contribution < 1.29 is 124 Å². The van der Waals surface area contributed by atoms with Crippen molar-refractivity contribution in [1.82, 2.24) is 0 Å². The van der Waals surface area contributed by atoms with Crippen molar-refractivity contribution in [3.05, 3.63) is 207 Å². The topological polar surface area (TPSA) is 176 Å². The van der Waals surface area contributed by atoms with E-state index in [1.54, 1.807) is 109 Å². The van der Waals surface area contributed by atoms with Crippen LogP contribution in [0, 0.1) is 46.5 Å². The Morgan fingerprint density at radius 3 is 1.09 bits per heavy atom. The highest BCUT2D eigenvalue weighted by atomic mass is 19.4. The zero-order valence-corrected chi connectivity index (χ0v) is 63.8. The number of alkyl halides is 13. The second kappa shape index (κ2) is 38.0. The molecule has 0 saturated heterocycles. The number of ketones is 2. The minimum Gasteiger partial charge on any atom is -0.488 e. The van der Waals surface area contributed by atoms with Gasteiger partial charge >= 0.3 is 59.7 Å². The fourth-order valence-corrected chi connectivity index (χ4v) is 9.29. The summed E-state index contributed by atoms with van der Waals surface area (Å²) in [4.78, 5) is 71.3. The van der Waals surface area contributed by atoms with Gasteiger partial charge in [0.1, 0.15) is 45.8 Å². The van der Waals surface area contributed by atoms with Crippen LogP contribution in [0.3, 0.4) is 0 Å². The highest BCUT2D eigenvalue weighted by Gasteiger charge is 2.90. The maximum atomic E-state index is 13.4. The molecule has 14 nitrogen and oxygen atoms in total. The molecule has 0 fully saturated rings. The molecule has 0 aliphatic heterocycles. The zero-order chi connectivity index (χ0) is 82.8. The van der Waals surface area contributed by atoms with E-state index in [1.807, 2.05) is 72.7 Å². The molecule has 0 spiro atoms. The number of aryl methyl sites for hydroxylation is 4. The van der Waals surface area contributed by atoms with Gasteiger partial charge in [0.25, 0.3) is 0 Å². The summed E-state index contributed by atoms with van der Waals surface area (Å²) in [6.45, 7) is 32.0. The van der Waals surface area contributed by atoms with E-state index in [1.165, 1.54) is 44.4 Å². The molecule has 7 aromatic rings. The van der Waals surface area contributed by atoms with Crippen LogP contribution in [0.15, 0.2) is 146 Å². The van der Waals surface area contributed by atoms with Gasteiger partial charge in [-0.25, -0.2) is 9.59 Å². The van der Waals surface area contributed by atoms with Crippen molar-refractivity contribution in [2.24, 2.45) is 11.8 Å². The van der Waals surface area contributed by atoms with Crippen LogP contribution >= 0.6 is 0 Å². The molecule has 2 unspecified atom stereocenters. The number of carbonyl (C=O) groups excluding carboxylic acids is 6. The lowest BCUT2D eigenvalue weighted by molar-refractivity contribution is -0.440. The summed E-state index contributed by atoms with van der Waals surface area (Å²) < 4.78 is 210. The van der Waals surface area contributed by atoms with Crippen LogP contribution < -0.4 is 23.7 Å². The minimum absolute atomic E-state index is 0.00863. The van der Waals surface area contributed by atoms with Gasteiger partial charge in [-0.05, 0) is 257 Å². The molecule has 7 rings (SSSR count). The number of hydrogen-bond donors (Lipinski definition) is 0. The maximum Gasteiger partial charge on any atom is 0.460 e. The van der Waals surface area contributed by atoms with E-state index < -0.39 is 72.6 Å². The van der Waals surface area contributed by atoms with Gasteiger partial charge in [0.05, 0.1) is 41.6 Å². The first-order valence-electron chi connectivity index (χ1n) is 34.3. The number of ether oxygens (including phenoxy) is 8. The lowest BCUT2D eigenvalue weighted by Crippen LogP contribution is -2.70. The third-order valence-corrected chi connectivity index (χ3v) is 16.5. The molecule has 27 heteroatoms. The Labute approximate surface area is 625 Å². The summed E-state index contributed by atoms with van der Waals surface area (Å²) in [5, 5.41) is 0. The molecule has 7 aromatic carbocycles. The largest absolute Gasteiger partial charge is 0.488 e. The van der Waals surface area contributed by atoms with Crippen LogP contribution in [0.4, 0.5) is 57.1 Å². The smallest absolute Gasteiger partial charge is 0.460 e. The number of Topliss-reactive ketones (excluding diaryl/α,β-unsaturated/α-hetero) is 2. The summed E-state index contributed by atoms with van der Waals surface area (Å²) in [5.74, 6) is -36.3. The van der Waals surface area contributed by atoms with Gasteiger partial charge in [0, 0.05) is 17.0 Å². The van der Waals surface area contributed by atoms with Crippen LogP contribution in [-0.2, 0) is 23.8 Å². The number of benzene rings is 7. The molecule has 0 N–H and O–H groups in total. The molecule has 109 heavy (non-hydrogen) atoms. The summed E-state index contributed by atoms with van der Waals surface area (Å²) in [6, 6.07) is 42.8. The van der Waals surface area contributed by atoms with E-state index in [0.717, 1.165) is 34.4 Å². The molecule has 0 aliphatic carbocycles. The van der Waals surface area contributed by atoms with E-state index >= 15 is 0 Å². The Hall–Kier alpha value is -9.79. The van der Waals surface area contributed by atoms with E-state index in [0.29, 0.717) is 56.8 Å². The van der Waals surface area contributed by atoms with Crippen molar-refractivity contribution in [1.29, 1.82) is 0 Å². The fraction of sp³-hybridized carbons (Fsp3) is 0.415. The molecule has 0 heterocycles. The number of esters is 4. The number of halogens is 13. The summed E-state index contributed by atoms with van der Waals surface area (Å²) in [5.41, 5.74) is 9.07. The first kappa shape index (κ1) is 91.6. The lowest BCUT2D eigenvalue weighted by atomic mass is 9.91. The second-order valence-electron chi connectivity index (χ2n) is 27.8. The zero-order valence-electron chi connectivity index (χ0n) is 63.8. The molecule has 0 saturated carbocycles. The number of hydrogen-bond acceptors (Lipinski definition) is 14. The van der Waals surface area contributed by atoms with Gasteiger partial charge in [0.2, 0.25) is 0 Å². The normalized spacial score (nSPS) is 12.6. The van der Waals surface area contributed by atoms with E-state index in [2.05, 4.69) is 65.3 Å². The second-order valence-corrected chi connectivity index (χ2v) is 27.8. The monoisotopic (exact) mass is 1550 g/mol. The Kier molecular flexibility index (Phi) is 32.0. The molecular weight excluding hydrogens is 1460 g/mol. The Morgan fingerprint density at radius 1 is 0.404 bits per heavy atom. The molecule has 0 amide bonds. The Bertz CT molecular complexity index is 4050. The fourth-order valence-electron chi connectivity index (χ4n) is 9.29. The van der Waals surface area contributed by atoms with E-state index in [-0.39, 0.29) is 53.8 Å². The van der Waals surface area contributed by atoms with Crippen LogP contribution in [0.2, 0.25) is 0 Å². The third-order valence-electron chi connectivity index (χ3n) is 16.5. The quantitative estimate of drug-likeness (QED) is 0.0164. The van der Waals surface area contributed by atoms with Gasteiger partial charge in [-0.2, -0.15) is 57.1 Å². The molecule has 0 aromatic heterocycles. The molecular formula is C82H91F13O14.